The molecule has 1 fully saturated rings. The molecule has 0 unspecified atom stereocenters. The maximum atomic E-state index is 11.3. The number of alkyl halides is 1. The molecule has 100 valence electrons. The predicted molar refractivity (Wildman–Crippen MR) is 69.6 cm³/mol. The average Bonchev–Trinajstić information content (AvgIpc) is 2.46. The van der Waals surface area contributed by atoms with Crippen molar-refractivity contribution in [3.05, 3.63) is 0 Å². The summed E-state index contributed by atoms with van der Waals surface area (Å²) in [5.41, 5.74) is 0. The summed E-state index contributed by atoms with van der Waals surface area (Å²) in [6, 6.07) is -1.20. The Morgan fingerprint density at radius 2 is 2.24 bits per heavy atom. The summed E-state index contributed by atoms with van der Waals surface area (Å²) in [7, 11) is -3.13. The zero-order valence-corrected chi connectivity index (χ0v) is 11.8. The van der Waals surface area contributed by atoms with Crippen LogP contribution in [0.5, 0.6) is 0 Å². The first-order chi connectivity index (χ1) is 7.85. The standard InChI is InChI=1S/C9H16ClNO4S2/c1-16-3-2-7(9(12)13)11-8-5-17(14,15)4-6(8)10/h6-8,11H,2-5H2,1H3,(H,12,13)/t6-,7+,8-/m1/s1. The van der Waals surface area contributed by atoms with Crippen molar-refractivity contribution in [3.63, 3.8) is 0 Å². The van der Waals surface area contributed by atoms with Crippen LogP contribution >= 0.6 is 23.4 Å². The van der Waals surface area contributed by atoms with Gasteiger partial charge in [0.25, 0.3) is 0 Å². The lowest BCUT2D eigenvalue weighted by Gasteiger charge is -2.20. The van der Waals surface area contributed by atoms with Gasteiger partial charge in [0, 0.05) is 6.04 Å². The van der Waals surface area contributed by atoms with Gasteiger partial charge in [-0.3, -0.25) is 10.1 Å². The Bertz CT molecular complexity index is 373. The lowest BCUT2D eigenvalue weighted by molar-refractivity contribution is -0.139. The maximum absolute atomic E-state index is 11.3. The van der Waals surface area contributed by atoms with E-state index in [0.29, 0.717) is 12.2 Å². The highest BCUT2D eigenvalue weighted by Gasteiger charge is 2.38. The van der Waals surface area contributed by atoms with Crippen molar-refractivity contribution < 1.29 is 18.3 Å². The van der Waals surface area contributed by atoms with Gasteiger partial charge in [0.1, 0.15) is 6.04 Å². The van der Waals surface area contributed by atoms with Gasteiger partial charge in [-0.25, -0.2) is 8.42 Å². The van der Waals surface area contributed by atoms with Crippen LogP contribution in [0, 0.1) is 0 Å². The summed E-state index contributed by atoms with van der Waals surface area (Å²) in [4.78, 5) is 11.0. The van der Waals surface area contributed by atoms with Crippen LogP contribution in [-0.2, 0) is 14.6 Å². The molecule has 1 aliphatic rings. The van der Waals surface area contributed by atoms with Crippen molar-refractivity contribution in [2.75, 3.05) is 23.5 Å². The van der Waals surface area contributed by atoms with E-state index in [1.165, 1.54) is 0 Å². The van der Waals surface area contributed by atoms with E-state index in [-0.39, 0.29) is 11.5 Å². The van der Waals surface area contributed by atoms with Gasteiger partial charge < -0.3 is 5.11 Å². The summed E-state index contributed by atoms with van der Waals surface area (Å²) in [6.07, 6.45) is 2.35. The van der Waals surface area contributed by atoms with E-state index in [1.807, 2.05) is 6.26 Å². The van der Waals surface area contributed by atoms with E-state index >= 15 is 0 Å². The summed E-state index contributed by atoms with van der Waals surface area (Å²) in [5.74, 6) is -0.422. The largest absolute Gasteiger partial charge is 0.480 e. The maximum Gasteiger partial charge on any atom is 0.320 e. The smallest absolute Gasteiger partial charge is 0.320 e. The number of hydrogen-bond donors (Lipinski definition) is 2. The number of halogens is 1. The number of carboxylic acid groups (broad SMARTS) is 1. The number of hydrogen-bond acceptors (Lipinski definition) is 5. The van der Waals surface area contributed by atoms with Crippen molar-refractivity contribution in [1.29, 1.82) is 0 Å². The molecule has 17 heavy (non-hydrogen) atoms. The Balaban J connectivity index is 2.58. The van der Waals surface area contributed by atoms with Crippen LogP contribution in [0.2, 0.25) is 0 Å². The molecule has 8 heteroatoms. The molecule has 0 spiro atoms. The van der Waals surface area contributed by atoms with E-state index < -0.39 is 33.3 Å². The molecule has 5 nitrogen and oxygen atoms in total. The summed E-state index contributed by atoms with van der Waals surface area (Å²) >= 11 is 7.46. The monoisotopic (exact) mass is 301 g/mol. The highest BCUT2D eigenvalue weighted by atomic mass is 35.5. The van der Waals surface area contributed by atoms with Gasteiger partial charge in [-0.2, -0.15) is 11.8 Å². The third-order valence-corrected chi connectivity index (χ3v) is 5.63. The molecule has 1 aliphatic heterocycles. The van der Waals surface area contributed by atoms with Gasteiger partial charge in [0.15, 0.2) is 9.84 Å². The van der Waals surface area contributed by atoms with Crippen LogP contribution in [0.4, 0.5) is 0 Å². The minimum Gasteiger partial charge on any atom is -0.480 e. The molecule has 0 aliphatic carbocycles. The van der Waals surface area contributed by atoms with Gasteiger partial charge in [0.2, 0.25) is 0 Å². The van der Waals surface area contributed by atoms with Crippen LogP contribution in [0.25, 0.3) is 0 Å². The highest BCUT2D eigenvalue weighted by molar-refractivity contribution is 7.98. The van der Waals surface area contributed by atoms with Crippen molar-refractivity contribution in [1.82, 2.24) is 5.32 Å². The van der Waals surface area contributed by atoms with E-state index in [9.17, 15) is 13.2 Å². The second-order valence-corrected chi connectivity index (χ2v) is 7.74. The van der Waals surface area contributed by atoms with Crippen molar-refractivity contribution in [2.45, 2.75) is 23.9 Å². The molecule has 0 bridgehead atoms. The lowest BCUT2D eigenvalue weighted by Crippen LogP contribution is -2.47. The first kappa shape index (κ1) is 15.1. The van der Waals surface area contributed by atoms with Crippen LogP contribution in [0.3, 0.4) is 0 Å². The van der Waals surface area contributed by atoms with Gasteiger partial charge in [-0.05, 0) is 18.4 Å². The van der Waals surface area contributed by atoms with E-state index in [4.69, 9.17) is 16.7 Å². The topological polar surface area (TPSA) is 83.5 Å². The van der Waals surface area contributed by atoms with Crippen molar-refractivity contribution >= 4 is 39.2 Å². The second-order valence-electron chi connectivity index (χ2n) is 4.04. The Kier molecular flexibility index (Phi) is 5.56. The number of aliphatic carboxylic acids is 1. The number of rotatable bonds is 6. The molecule has 1 rings (SSSR count). The molecule has 1 saturated heterocycles. The molecule has 0 saturated carbocycles. The summed E-state index contributed by atoms with van der Waals surface area (Å²) in [5, 5.41) is 11.3. The Labute approximate surface area is 110 Å². The predicted octanol–water partition coefficient (Wildman–Crippen LogP) is 0.187. The fourth-order valence-corrected chi connectivity index (χ4v) is 4.77. The minimum absolute atomic E-state index is 0.0792. The van der Waals surface area contributed by atoms with Crippen LogP contribution in [-0.4, -0.2) is 60.5 Å². The molecule has 0 aromatic heterocycles. The first-order valence-electron chi connectivity index (χ1n) is 5.18. The Hall–Kier alpha value is 0.0200. The number of carboxylic acids is 1. The summed E-state index contributed by atoms with van der Waals surface area (Å²) in [6.45, 7) is 0. The molecule has 3 atom stereocenters. The zero-order valence-electron chi connectivity index (χ0n) is 9.43. The summed E-state index contributed by atoms with van der Waals surface area (Å²) < 4.78 is 22.7. The minimum atomic E-state index is -3.13. The quantitative estimate of drug-likeness (QED) is 0.681. The fraction of sp³-hybridized carbons (Fsp3) is 0.889. The average molecular weight is 302 g/mol. The molecule has 0 aromatic rings. The van der Waals surface area contributed by atoms with Crippen molar-refractivity contribution in [3.8, 4) is 0 Å². The molecule has 0 radical (unpaired) electrons. The lowest BCUT2D eigenvalue weighted by atomic mass is 10.1. The second kappa shape index (κ2) is 6.26. The molecular weight excluding hydrogens is 286 g/mol. The van der Waals surface area contributed by atoms with E-state index in [0.717, 1.165) is 0 Å². The molecule has 0 amide bonds. The molecule has 2 N–H and O–H groups in total. The Morgan fingerprint density at radius 1 is 1.59 bits per heavy atom. The van der Waals surface area contributed by atoms with Gasteiger partial charge >= 0.3 is 5.97 Å². The van der Waals surface area contributed by atoms with Crippen LogP contribution < -0.4 is 5.32 Å². The SMILES string of the molecule is CSCC[C@H](N[C@@H]1CS(=O)(=O)C[C@H]1Cl)C(=O)O. The van der Waals surface area contributed by atoms with Gasteiger partial charge in [-0.15, -0.1) is 11.6 Å². The van der Waals surface area contributed by atoms with Gasteiger partial charge in [0.05, 0.1) is 16.9 Å². The first-order valence-corrected chi connectivity index (χ1v) is 8.83. The Morgan fingerprint density at radius 3 is 2.65 bits per heavy atom. The highest BCUT2D eigenvalue weighted by Crippen LogP contribution is 2.19. The van der Waals surface area contributed by atoms with Crippen molar-refractivity contribution in [2.24, 2.45) is 0 Å². The van der Waals surface area contributed by atoms with Crippen LogP contribution in [0.15, 0.2) is 0 Å². The number of nitrogens with one attached hydrogen (secondary N) is 1. The number of thioether (sulfide) groups is 1. The fourth-order valence-electron chi connectivity index (χ4n) is 1.73. The third-order valence-electron chi connectivity index (χ3n) is 2.61. The number of sulfone groups is 1. The third kappa shape index (κ3) is 4.65. The van der Waals surface area contributed by atoms with Crippen LogP contribution in [0.1, 0.15) is 6.42 Å². The zero-order chi connectivity index (χ0) is 13.1. The molecule has 1 heterocycles. The van der Waals surface area contributed by atoms with E-state index in [1.54, 1.807) is 11.8 Å². The molecular formula is C9H16ClNO4S2. The number of carbonyl (C=O) groups is 1. The van der Waals surface area contributed by atoms with Gasteiger partial charge in [-0.1, -0.05) is 0 Å². The van der Waals surface area contributed by atoms with E-state index in [2.05, 4.69) is 5.32 Å². The normalized spacial score (nSPS) is 29.1. The molecule has 0 aromatic carbocycles.